The Kier molecular flexibility index (Phi) is 4.26. The Bertz CT molecular complexity index is 1050. The average Bonchev–Trinajstić information content (AvgIpc) is 3.28. The topological polar surface area (TPSA) is 27.2 Å². The second kappa shape index (κ2) is 6.65. The van der Waals surface area contributed by atoms with Crippen molar-refractivity contribution in [1.29, 1.82) is 0 Å². The highest BCUT2D eigenvalue weighted by Gasteiger charge is 2.32. The lowest BCUT2D eigenvalue weighted by Gasteiger charge is -2.30. The smallest absolute Gasteiger partial charge is 0.203 e. The molecule has 0 amide bonds. The number of hydrogen-bond acceptors (Lipinski definition) is 3. The fraction of sp³-hybridized carbons (Fsp3) is 0.400. The Morgan fingerprint density at radius 3 is 2.89 bits per heavy atom. The minimum absolute atomic E-state index is 0.242. The number of benzene rings is 1. The largest absolute Gasteiger partial charge is 0.310 e. The van der Waals surface area contributed by atoms with Gasteiger partial charge in [-0.15, -0.1) is 16.4 Å². The maximum absolute atomic E-state index is 14.4. The fourth-order valence-electron chi connectivity index (χ4n) is 4.07. The van der Waals surface area contributed by atoms with E-state index in [0.717, 1.165) is 32.5 Å². The van der Waals surface area contributed by atoms with Gasteiger partial charge in [-0.25, -0.2) is 4.39 Å². The third kappa shape index (κ3) is 2.98. The minimum atomic E-state index is -0.242. The number of hydrogen-bond donors (Lipinski definition) is 1. The Morgan fingerprint density at radius 1 is 1.30 bits per heavy atom. The van der Waals surface area contributed by atoms with Crippen LogP contribution in [0.1, 0.15) is 42.3 Å². The second-order valence-corrected chi connectivity index (χ2v) is 8.89. The molecule has 3 aromatic rings. The molecule has 1 aliphatic heterocycles. The fourth-order valence-corrected chi connectivity index (χ4v) is 5.39. The molecule has 1 unspecified atom stereocenters. The maximum atomic E-state index is 14.4. The molecule has 3 heterocycles. The molecular formula is C20H22FN4S2+. The highest BCUT2D eigenvalue weighted by atomic mass is 32.1. The summed E-state index contributed by atoms with van der Waals surface area (Å²) in [6.45, 7) is 4.07. The van der Waals surface area contributed by atoms with Crippen molar-refractivity contribution in [3.63, 3.8) is 0 Å². The van der Waals surface area contributed by atoms with Crippen molar-refractivity contribution in [3.05, 3.63) is 56.7 Å². The van der Waals surface area contributed by atoms with Crippen molar-refractivity contribution in [2.45, 2.75) is 44.9 Å². The van der Waals surface area contributed by atoms with Crippen molar-refractivity contribution < 1.29 is 9.29 Å². The van der Waals surface area contributed by atoms with Crippen LogP contribution in [0.5, 0.6) is 0 Å². The number of nitrogens with zero attached hydrogens (tertiary/aromatic N) is 3. The monoisotopic (exact) mass is 401 g/mol. The molecule has 0 saturated heterocycles. The number of aromatic nitrogens is 3. The average molecular weight is 402 g/mol. The van der Waals surface area contributed by atoms with Gasteiger partial charge in [-0.2, -0.15) is 4.68 Å². The summed E-state index contributed by atoms with van der Waals surface area (Å²) >= 11 is 7.63. The van der Waals surface area contributed by atoms with Gasteiger partial charge in [-0.05, 0) is 55.6 Å². The predicted octanol–water partition coefficient (Wildman–Crippen LogP) is 3.78. The molecule has 140 valence electrons. The summed E-state index contributed by atoms with van der Waals surface area (Å²) in [4.78, 5) is 2.96. The van der Waals surface area contributed by atoms with Crippen LogP contribution in [0.3, 0.4) is 0 Å². The first kappa shape index (κ1) is 17.3. The summed E-state index contributed by atoms with van der Waals surface area (Å²) in [5.41, 5.74) is 1.99. The number of nitrogens with one attached hydrogen (secondary N) is 1. The van der Waals surface area contributed by atoms with Crippen LogP contribution in [-0.4, -0.2) is 20.9 Å². The van der Waals surface area contributed by atoms with Crippen LogP contribution in [0.4, 0.5) is 4.39 Å². The second-order valence-electron chi connectivity index (χ2n) is 7.52. The van der Waals surface area contributed by atoms with Crippen LogP contribution in [0.15, 0.2) is 35.7 Å². The van der Waals surface area contributed by atoms with E-state index in [0.29, 0.717) is 28.2 Å². The van der Waals surface area contributed by atoms with Gasteiger partial charge in [0.05, 0.1) is 12.1 Å². The molecule has 2 aromatic heterocycles. The van der Waals surface area contributed by atoms with Crippen molar-refractivity contribution in [2.75, 3.05) is 6.54 Å². The van der Waals surface area contributed by atoms with Gasteiger partial charge in [0, 0.05) is 22.9 Å². The summed E-state index contributed by atoms with van der Waals surface area (Å²) in [7, 11) is 0. The maximum Gasteiger partial charge on any atom is 0.203 e. The Hall–Kier alpha value is -1.83. The molecule has 4 nitrogen and oxygen atoms in total. The standard InChI is InChI=1S/C20H21FN4S2/c1-13-15-9-11-27-18(15)8-10-23(13)12-24-20(26)25(14-6-7-14)19(22-24)16-4-2-3-5-17(16)21/h2-5,9,11,13-14H,6-8,10,12H2,1H3/p+1/t13-/m0/s1. The summed E-state index contributed by atoms with van der Waals surface area (Å²) in [6.07, 6.45) is 3.28. The van der Waals surface area contributed by atoms with E-state index in [1.165, 1.54) is 21.4 Å². The third-order valence-electron chi connectivity index (χ3n) is 5.78. The first-order valence-electron chi connectivity index (χ1n) is 9.48. The molecule has 27 heavy (non-hydrogen) atoms. The van der Waals surface area contributed by atoms with E-state index in [4.69, 9.17) is 17.3 Å². The number of fused-ring (bicyclic) bond motifs is 1. The van der Waals surface area contributed by atoms with Crippen molar-refractivity contribution >= 4 is 23.6 Å². The number of thiophene rings is 1. The van der Waals surface area contributed by atoms with E-state index in [9.17, 15) is 4.39 Å². The van der Waals surface area contributed by atoms with Gasteiger partial charge >= 0.3 is 0 Å². The van der Waals surface area contributed by atoms with Crippen LogP contribution in [0.2, 0.25) is 0 Å². The molecule has 1 saturated carbocycles. The van der Waals surface area contributed by atoms with Gasteiger partial charge < -0.3 is 4.90 Å². The Balaban J connectivity index is 1.52. The molecule has 0 bridgehead atoms. The summed E-state index contributed by atoms with van der Waals surface area (Å²) in [6, 6.07) is 9.88. The summed E-state index contributed by atoms with van der Waals surface area (Å²) in [5.74, 6) is 0.425. The molecule has 0 radical (unpaired) electrons. The third-order valence-corrected chi connectivity index (χ3v) is 7.19. The number of rotatable bonds is 4. The van der Waals surface area contributed by atoms with Gasteiger partial charge in [0.15, 0.2) is 12.5 Å². The highest BCUT2D eigenvalue weighted by Crippen LogP contribution is 2.39. The Labute approximate surface area is 166 Å². The predicted molar refractivity (Wildman–Crippen MR) is 107 cm³/mol. The summed E-state index contributed by atoms with van der Waals surface area (Å²) < 4.78 is 19.1. The lowest BCUT2D eigenvalue weighted by atomic mass is 10.0. The SMILES string of the molecule is C[C@H]1c2ccsc2CC[NH+]1Cn1nc(-c2ccccc2F)n(C2CC2)c1=S. The zero-order chi connectivity index (χ0) is 18.5. The number of quaternary nitrogens is 1. The molecule has 1 fully saturated rings. The summed E-state index contributed by atoms with van der Waals surface area (Å²) in [5, 5.41) is 6.98. The lowest BCUT2D eigenvalue weighted by Crippen LogP contribution is -3.12. The molecular weight excluding hydrogens is 379 g/mol. The van der Waals surface area contributed by atoms with E-state index in [1.54, 1.807) is 12.1 Å². The molecule has 1 aliphatic carbocycles. The molecule has 5 rings (SSSR count). The van der Waals surface area contributed by atoms with Crippen LogP contribution in [-0.2, 0) is 13.1 Å². The van der Waals surface area contributed by atoms with Crippen LogP contribution < -0.4 is 4.90 Å². The van der Waals surface area contributed by atoms with Gasteiger partial charge in [0.25, 0.3) is 0 Å². The van der Waals surface area contributed by atoms with Gasteiger partial charge in [0.2, 0.25) is 4.77 Å². The minimum Gasteiger partial charge on any atom is -0.310 e. The van der Waals surface area contributed by atoms with Gasteiger partial charge in [0.1, 0.15) is 11.9 Å². The quantitative estimate of drug-likeness (QED) is 0.674. The van der Waals surface area contributed by atoms with E-state index in [2.05, 4.69) is 22.9 Å². The zero-order valence-electron chi connectivity index (χ0n) is 15.2. The Morgan fingerprint density at radius 2 is 2.11 bits per heavy atom. The molecule has 7 heteroatoms. The van der Waals surface area contributed by atoms with E-state index < -0.39 is 0 Å². The van der Waals surface area contributed by atoms with E-state index in [1.807, 2.05) is 22.1 Å². The van der Waals surface area contributed by atoms with Gasteiger partial charge in [-0.3, -0.25) is 4.57 Å². The van der Waals surface area contributed by atoms with Gasteiger partial charge in [-0.1, -0.05) is 12.1 Å². The molecule has 0 spiro atoms. The molecule has 2 atom stereocenters. The normalized spacial score (nSPS) is 22.0. The van der Waals surface area contributed by atoms with E-state index >= 15 is 0 Å². The first-order chi connectivity index (χ1) is 13.1. The molecule has 2 aliphatic rings. The van der Waals surface area contributed by atoms with Crippen molar-refractivity contribution in [2.24, 2.45) is 0 Å². The van der Waals surface area contributed by atoms with Crippen LogP contribution in [0, 0.1) is 10.6 Å². The molecule has 1 aromatic carbocycles. The lowest BCUT2D eigenvalue weighted by molar-refractivity contribution is -0.954. The first-order valence-corrected chi connectivity index (χ1v) is 10.8. The van der Waals surface area contributed by atoms with Crippen molar-refractivity contribution in [3.8, 4) is 11.4 Å². The zero-order valence-corrected chi connectivity index (χ0v) is 16.8. The molecule has 1 N–H and O–H groups in total. The van der Waals surface area contributed by atoms with Crippen LogP contribution >= 0.6 is 23.6 Å². The van der Waals surface area contributed by atoms with E-state index in [-0.39, 0.29) is 5.82 Å². The highest BCUT2D eigenvalue weighted by molar-refractivity contribution is 7.71. The number of halogens is 1. The van der Waals surface area contributed by atoms with Crippen LogP contribution in [0.25, 0.3) is 11.4 Å². The van der Waals surface area contributed by atoms with Crippen molar-refractivity contribution in [1.82, 2.24) is 14.3 Å².